The van der Waals surface area contributed by atoms with Gasteiger partial charge in [-0.15, -0.1) is 0 Å². The number of hydrogen-bond acceptors (Lipinski definition) is 4. The summed E-state index contributed by atoms with van der Waals surface area (Å²) < 4.78 is 5.18. The van der Waals surface area contributed by atoms with Gasteiger partial charge in [0.1, 0.15) is 11.8 Å². The number of nitro groups is 1. The Morgan fingerprint density at radius 1 is 1.59 bits per heavy atom. The van der Waals surface area contributed by atoms with Gasteiger partial charge < -0.3 is 4.74 Å². The molecular weight excluding hydrogens is 220 g/mol. The van der Waals surface area contributed by atoms with Gasteiger partial charge in [-0.2, -0.15) is 5.26 Å². The fourth-order valence-electron chi connectivity index (χ4n) is 1.30. The van der Waals surface area contributed by atoms with Gasteiger partial charge in [0.2, 0.25) is 5.70 Å². The summed E-state index contributed by atoms with van der Waals surface area (Å²) in [6.45, 7) is 1.64. The standard InChI is InChI=1S/C12H12N2O3/c1-2-11(14(15)16)9-10-5-3-4-6-12(10)17-8-7-13/h3-6,9H,2,8H2,1H3/b11-9+. The average Bonchev–Trinajstić information content (AvgIpc) is 2.34. The number of benzene rings is 1. The Morgan fingerprint density at radius 3 is 2.88 bits per heavy atom. The zero-order valence-electron chi connectivity index (χ0n) is 9.42. The maximum Gasteiger partial charge on any atom is 0.246 e. The van der Waals surface area contributed by atoms with Crippen LogP contribution in [0, 0.1) is 21.4 Å². The fourth-order valence-corrected chi connectivity index (χ4v) is 1.30. The lowest BCUT2D eigenvalue weighted by molar-refractivity contribution is -0.425. The van der Waals surface area contributed by atoms with Crippen molar-refractivity contribution in [1.82, 2.24) is 0 Å². The topological polar surface area (TPSA) is 76.2 Å². The van der Waals surface area contributed by atoms with Gasteiger partial charge in [0, 0.05) is 18.1 Å². The Labute approximate surface area is 99.1 Å². The Bertz CT molecular complexity index is 475. The SMILES string of the molecule is CC/C(=C\c1ccccc1OCC#N)[N+](=O)[O-]. The molecule has 1 aromatic carbocycles. The van der Waals surface area contributed by atoms with E-state index in [9.17, 15) is 10.1 Å². The van der Waals surface area contributed by atoms with E-state index in [1.165, 1.54) is 6.08 Å². The molecule has 88 valence electrons. The lowest BCUT2D eigenvalue weighted by atomic mass is 10.1. The molecule has 5 heteroatoms. The first-order chi connectivity index (χ1) is 8.19. The summed E-state index contributed by atoms with van der Waals surface area (Å²) in [6, 6.07) is 8.76. The number of hydrogen-bond donors (Lipinski definition) is 0. The van der Waals surface area contributed by atoms with Crippen LogP contribution in [0.4, 0.5) is 0 Å². The summed E-state index contributed by atoms with van der Waals surface area (Å²) in [6.07, 6.45) is 1.80. The number of ether oxygens (including phenoxy) is 1. The average molecular weight is 232 g/mol. The van der Waals surface area contributed by atoms with E-state index >= 15 is 0 Å². The lowest BCUT2D eigenvalue weighted by Crippen LogP contribution is -1.99. The normalized spacial score (nSPS) is 10.7. The van der Waals surface area contributed by atoms with E-state index in [1.54, 1.807) is 31.2 Å². The van der Waals surface area contributed by atoms with E-state index in [4.69, 9.17) is 10.00 Å². The van der Waals surface area contributed by atoms with Crippen LogP contribution >= 0.6 is 0 Å². The Hall–Kier alpha value is -2.35. The second-order valence-electron chi connectivity index (χ2n) is 3.23. The van der Waals surface area contributed by atoms with E-state index in [1.807, 2.05) is 6.07 Å². The summed E-state index contributed by atoms with van der Waals surface area (Å²) in [4.78, 5) is 10.3. The summed E-state index contributed by atoms with van der Waals surface area (Å²) in [7, 11) is 0. The maximum atomic E-state index is 10.7. The predicted octanol–water partition coefficient (Wildman–Crippen LogP) is 2.62. The van der Waals surface area contributed by atoms with Crippen LogP contribution in [0.15, 0.2) is 30.0 Å². The predicted molar refractivity (Wildman–Crippen MR) is 62.8 cm³/mol. The van der Waals surface area contributed by atoms with E-state index in [0.717, 1.165) is 0 Å². The van der Waals surface area contributed by atoms with Gasteiger partial charge in [-0.3, -0.25) is 10.1 Å². The molecule has 0 aliphatic rings. The van der Waals surface area contributed by atoms with Crippen LogP contribution in [-0.4, -0.2) is 11.5 Å². The fraction of sp³-hybridized carbons (Fsp3) is 0.250. The number of rotatable bonds is 5. The molecule has 0 saturated heterocycles. The minimum atomic E-state index is -0.416. The van der Waals surface area contributed by atoms with Crippen LogP contribution in [0.2, 0.25) is 0 Å². The van der Waals surface area contributed by atoms with Crippen molar-refractivity contribution >= 4 is 6.08 Å². The molecule has 0 saturated carbocycles. The van der Waals surface area contributed by atoms with E-state index in [-0.39, 0.29) is 12.3 Å². The van der Waals surface area contributed by atoms with Gasteiger partial charge in [0.25, 0.3) is 0 Å². The van der Waals surface area contributed by atoms with Crippen molar-refractivity contribution in [2.45, 2.75) is 13.3 Å². The molecule has 0 N–H and O–H groups in total. The van der Waals surface area contributed by atoms with Crippen LogP contribution in [0.25, 0.3) is 6.08 Å². The minimum absolute atomic E-state index is 0.0786. The molecule has 0 aliphatic heterocycles. The highest BCUT2D eigenvalue weighted by Gasteiger charge is 2.09. The molecular formula is C12H12N2O3. The third-order valence-corrected chi connectivity index (χ3v) is 2.13. The van der Waals surface area contributed by atoms with Crippen molar-refractivity contribution < 1.29 is 9.66 Å². The van der Waals surface area contributed by atoms with Crippen LogP contribution in [-0.2, 0) is 0 Å². The van der Waals surface area contributed by atoms with Gasteiger partial charge in [-0.1, -0.05) is 25.1 Å². The highest BCUT2D eigenvalue weighted by Crippen LogP contribution is 2.21. The smallest absolute Gasteiger partial charge is 0.246 e. The van der Waals surface area contributed by atoms with E-state index in [2.05, 4.69) is 0 Å². The van der Waals surface area contributed by atoms with Crippen molar-refractivity contribution in [3.63, 3.8) is 0 Å². The molecule has 0 unspecified atom stereocenters. The molecule has 0 radical (unpaired) electrons. The van der Waals surface area contributed by atoms with E-state index in [0.29, 0.717) is 17.7 Å². The first-order valence-corrected chi connectivity index (χ1v) is 5.12. The molecule has 0 amide bonds. The lowest BCUT2D eigenvalue weighted by Gasteiger charge is -2.05. The number of nitrogens with zero attached hydrogens (tertiary/aromatic N) is 2. The zero-order chi connectivity index (χ0) is 12.7. The second kappa shape index (κ2) is 6.28. The third-order valence-electron chi connectivity index (χ3n) is 2.13. The molecule has 0 fully saturated rings. The molecule has 0 heterocycles. The first kappa shape index (κ1) is 12.7. The van der Waals surface area contributed by atoms with Gasteiger partial charge in [0.15, 0.2) is 6.61 Å². The maximum absolute atomic E-state index is 10.7. The molecule has 0 aliphatic carbocycles. The highest BCUT2D eigenvalue weighted by molar-refractivity contribution is 5.58. The van der Waals surface area contributed by atoms with Crippen molar-refractivity contribution in [1.29, 1.82) is 5.26 Å². The highest BCUT2D eigenvalue weighted by atomic mass is 16.6. The van der Waals surface area contributed by atoms with Crippen molar-refractivity contribution in [2.24, 2.45) is 0 Å². The molecule has 1 aromatic rings. The number of para-hydroxylation sites is 1. The van der Waals surface area contributed by atoms with Crippen molar-refractivity contribution in [3.05, 3.63) is 45.6 Å². The Morgan fingerprint density at radius 2 is 2.29 bits per heavy atom. The van der Waals surface area contributed by atoms with Crippen LogP contribution in [0.1, 0.15) is 18.9 Å². The molecule has 0 spiro atoms. The monoisotopic (exact) mass is 232 g/mol. The molecule has 0 bridgehead atoms. The van der Waals surface area contributed by atoms with Crippen molar-refractivity contribution in [3.8, 4) is 11.8 Å². The molecule has 1 rings (SSSR count). The number of allylic oxidation sites excluding steroid dienone is 1. The van der Waals surface area contributed by atoms with E-state index < -0.39 is 4.92 Å². The van der Waals surface area contributed by atoms with Crippen LogP contribution < -0.4 is 4.74 Å². The molecule has 17 heavy (non-hydrogen) atoms. The Balaban J connectivity index is 3.05. The van der Waals surface area contributed by atoms with Gasteiger partial charge >= 0.3 is 0 Å². The summed E-state index contributed by atoms with van der Waals surface area (Å²) in [5, 5.41) is 19.1. The third kappa shape index (κ3) is 3.61. The summed E-state index contributed by atoms with van der Waals surface area (Å²) >= 11 is 0. The molecule has 0 aromatic heterocycles. The zero-order valence-corrected chi connectivity index (χ0v) is 9.42. The minimum Gasteiger partial charge on any atom is -0.478 e. The molecule has 5 nitrogen and oxygen atoms in total. The van der Waals surface area contributed by atoms with Gasteiger partial charge in [-0.25, -0.2) is 0 Å². The van der Waals surface area contributed by atoms with Crippen LogP contribution in [0.3, 0.4) is 0 Å². The Kier molecular flexibility index (Phi) is 4.70. The van der Waals surface area contributed by atoms with Crippen molar-refractivity contribution in [2.75, 3.05) is 6.61 Å². The largest absolute Gasteiger partial charge is 0.478 e. The number of nitriles is 1. The first-order valence-electron chi connectivity index (χ1n) is 5.12. The quantitative estimate of drug-likeness (QED) is 0.577. The molecule has 0 atom stereocenters. The second-order valence-corrected chi connectivity index (χ2v) is 3.23. The summed E-state index contributed by atoms with van der Waals surface area (Å²) in [5.74, 6) is 0.474. The van der Waals surface area contributed by atoms with Gasteiger partial charge in [-0.05, 0) is 6.07 Å². The summed E-state index contributed by atoms with van der Waals surface area (Å²) in [5.41, 5.74) is 0.717. The van der Waals surface area contributed by atoms with Gasteiger partial charge in [0.05, 0.1) is 4.92 Å². The van der Waals surface area contributed by atoms with Crippen LogP contribution in [0.5, 0.6) is 5.75 Å².